The highest BCUT2D eigenvalue weighted by Crippen LogP contribution is 2.35. The van der Waals surface area contributed by atoms with E-state index < -0.39 is 0 Å². The van der Waals surface area contributed by atoms with Gasteiger partial charge in [0, 0.05) is 15.1 Å². The molecule has 0 bridgehead atoms. The standard InChI is InChI=1S/C14H12Br2ClNO/c15-9-4-5-14(11(16)8-9)19-13-3-1-2-12(17)10(13)6-7-18/h1-5,8H,6-7,18H2. The van der Waals surface area contributed by atoms with Crippen LogP contribution in [0, 0.1) is 0 Å². The van der Waals surface area contributed by atoms with Gasteiger partial charge in [0.05, 0.1) is 4.47 Å². The highest BCUT2D eigenvalue weighted by Gasteiger charge is 2.10. The monoisotopic (exact) mass is 403 g/mol. The van der Waals surface area contributed by atoms with Gasteiger partial charge in [-0.05, 0) is 59.2 Å². The van der Waals surface area contributed by atoms with E-state index in [9.17, 15) is 0 Å². The minimum absolute atomic E-state index is 0.529. The molecule has 5 heteroatoms. The molecule has 2 nitrogen and oxygen atoms in total. The molecule has 0 aliphatic rings. The molecule has 0 aliphatic carbocycles. The number of benzene rings is 2. The van der Waals surface area contributed by atoms with Crippen LogP contribution < -0.4 is 10.5 Å². The Balaban J connectivity index is 2.35. The summed E-state index contributed by atoms with van der Waals surface area (Å²) in [5.74, 6) is 1.48. The van der Waals surface area contributed by atoms with E-state index in [1.807, 2.05) is 36.4 Å². The normalized spacial score (nSPS) is 10.5. The number of ether oxygens (including phenoxy) is 1. The molecule has 0 saturated heterocycles. The first-order valence-electron chi connectivity index (χ1n) is 5.72. The van der Waals surface area contributed by atoms with Crippen LogP contribution in [0.25, 0.3) is 0 Å². The van der Waals surface area contributed by atoms with Crippen molar-refractivity contribution in [2.24, 2.45) is 5.73 Å². The van der Waals surface area contributed by atoms with Crippen molar-refractivity contribution in [1.29, 1.82) is 0 Å². The van der Waals surface area contributed by atoms with Gasteiger partial charge in [0.25, 0.3) is 0 Å². The fourth-order valence-corrected chi connectivity index (χ4v) is 3.09. The third-order valence-corrected chi connectivity index (χ3v) is 4.05. The van der Waals surface area contributed by atoms with Gasteiger partial charge in [0.2, 0.25) is 0 Å². The molecule has 0 aliphatic heterocycles. The van der Waals surface area contributed by atoms with E-state index in [4.69, 9.17) is 22.1 Å². The quantitative estimate of drug-likeness (QED) is 0.763. The van der Waals surface area contributed by atoms with Crippen LogP contribution in [0.5, 0.6) is 11.5 Å². The van der Waals surface area contributed by atoms with Gasteiger partial charge in [-0.25, -0.2) is 0 Å². The molecule has 2 N–H and O–H groups in total. The molecule has 19 heavy (non-hydrogen) atoms. The molecule has 2 aromatic carbocycles. The number of hydrogen-bond acceptors (Lipinski definition) is 2. The third-order valence-electron chi connectivity index (χ3n) is 2.58. The van der Waals surface area contributed by atoms with Crippen LogP contribution in [0.3, 0.4) is 0 Å². The highest BCUT2D eigenvalue weighted by atomic mass is 79.9. The lowest BCUT2D eigenvalue weighted by Crippen LogP contribution is -2.04. The van der Waals surface area contributed by atoms with E-state index in [0.717, 1.165) is 26.0 Å². The molecule has 0 radical (unpaired) electrons. The van der Waals surface area contributed by atoms with Crippen molar-refractivity contribution in [3.05, 3.63) is 55.9 Å². The van der Waals surface area contributed by atoms with Crippen LogP contribution in [0.1, 0.15) is 5.56 Å². The maximum absolute atomic E-state index is 6.18. The predicted octanol–water partition coefficient (Wildman–Crippen LogP) is 5.16. The molecule has 0 amide bonds. The van der Waals surface area contributed by atoms with Crippen LogP contribution in [0.2, 0.25) is 5.02 Å². The van der Waals surface area contributed by atoms with Crippen molar-refractivity contribution in [1.82, 2.24) is 0 Å². The minimum Gasteiger partial charge on any atom is -0.456 e. The summed E-state index contributed by atoms with van der Waals surface area (Å²) in [6.45, 7) is 0.529. The van der Waals surface area contributed by atoms with E-state index >= 15 is 0 Å². The van der Waals surface area contributed by atoms with Crippen molar-refractivity contribution in [3.63, 3.8) is 0 Å². The van der Waals surface area contributed by atoms with Crippen molar-refractivity contribution in [2.45, 2.75) is 6.42 Å². The van der Waals surface area contributed by atoms with E-state index in [-0.39, 0.29) is 0 Å². The van der Waals surface area contributed by atoms with E-state index in [0.29, 0.717) is 18.0 Å². The molecule has 0 heterocycles. The minimum atomic E-state index is 0.529. The van der Waals surface area contributed by atoms with Gasteiger partial charge in [0.1, 0.15) is 11.5 Å². The number of halogens is 3. The molecular weight excluding hydrogens is 393 g/mol. The second-order valence-corrected chi connectivity index (χ2v) is 6.11. The first-order chi connectivity index (χ1) is 9.11. The molecule has 0 unspecified atom stereocenters. The Morgan fingerprint density at radius 2 is 1.89 bits per heavy atom. The summed E-state index contributed by atoms with van der Waals surface area (Å²) in [6, 6.07) is 11.4. The van der Waals surface area contributed by atoms with Gasteiger partial charge in [-0.2, -0.15) is 0 Å². The fourth-order valence-electron chi connectivity index (χ4n) is 1.70. The lowest BCUT2D eigenvalue weighted by Gasteiger charge is -2.13. The summed E-state index contributed by atoms with van der Waals surface area (Å²) >= 11 is 13.1. The van der Waals surface area contributed by atoms with Crippen LogP contribution in [-0.2, 0) is 6.42 Å². The molecule has 0 saturated carbocycles. The highest BCUT2D eigenvalue weighted by molar-refractivity contribution is 9.11. The average molecular weight is 406 g/mol. The Hall–Kier alpha value is -0.550. The summed E-state index contributed by atoms with van der Waals surface area (Å²) in [5.41, 5.74) is 6.54. The molecule has 2 rings (SSSR count). The van der Waals surface area contributed by atoms with Gasteiger partial charge in [-0.3, -0.25) is 0 Å². The topological polar surface area (TPSA) is 35.2 Å². The molecular formula is C14H12Br2ClNO. The zero-order valence-electron chi connectivity index (χ0n) is 10.00. The molecule has 0 spiro atoms. The number of rotatable bonds is 4. The van der Waals surface area contributed by atoms with Crippen LogP contribution in [-0.4, -0.2) is 6.54 Å². The zero-order chi connectivity index (χ0) is 13.8. The Kier molecular flexibility index (Phi) is 5.28. The van der Waals surface area contributed by atoms with Gasteiger partial charge in [-0.15, -0.1) is 0 Å². The van der Waals surface area contributed by atoms with E-state index in [1.165, 1.54) is 0 Å². The van der Waals surface area contributed by atoms with Crippen LogP contribution in [0.15, 0.2) is 45.3 Å². The first-order valence-corrected chi connectivity index (χ1v) is 7.68. The van der Waals surface area contributed by atoms with E-state index in [1.54, 1.807) is 0 Å². The van der Waals surface area contributed by atoms with Crippen molar-refractivity contribution >= 4 is 43.5 Å². The lowest BCUT2D eigenvalue weighted by molar-refractivity contribution is 0.473. The maximum Gasteiger partial charge on any atom is 0.141 e. The second-order valence-electron chi connectivity index (χ2n) is 3.93. The van der Waals surface area contributed by atoms with Gasteiger partial charge in [0.15, 0.2) is 0 Å². The summed E-state index contributed by atoms with van der Waals surface area (Å²) < 4.78 is 7.78. The fraction of sp³-hybridized carbons (Fsp3) is 0.143. The first kappa shape index (κ1) is 14.9. The second kappa shape index (κ2) is 6.75. The number of hydrogen-bond donors (Lipinski definition) is 1. The molecule has 2 aromatic rings. The smallest absolute Gasteiger partial charge is 0.141 e. The van der Waals surface area contributed by atoms with E-state index in [2.05, 4.69) is 31.9 Å². The molecule has 0 fully saturated rings. The number of nitrogens with two attached hydrogens (primary N) is 1. The molecule has 0 atom stereocenters. The van der Waals surface area contributed by atoms with Crippen LogP contribution >= 0.6 is 43.5 Å². The predicted molar refractivity (Wildman–Crippen MR) is 86.1 cm³/mol. The van der Waals surface area contributed by atoms with Gasteiger partial charge in [-0.1, -0.05) is 33.6 Å². The van der Waals surface area contributed by atoms with Crippen molar-refractivity contribution in [3.8, 4) is 11.5 Å². The maximum atomic E-state index is 6.18. The Bertz CT molecular complexity index is 590. The summed E-state index contributed by atoms with van der Waals surface area (Å²) in [5, 5.41) is 0.677. The van der Waals surface area contributed by atoms with Crippen LogP contribution in [0.4, 0.5) is 0 Å². The summed E-state index contributed by atoms with van der Waals surface area (Å²) in [7, 11) is 0. The Morgan fingerprint density at radius 1 is 1.11 bits per heavy atom. The average Bonchev–Trinajstić information content (AvgIpc) is 2.37. The zero-order valence-corrected chi connectivity index (χ0v) is 13.9. The van der Waals surface area contributed by atoms with Gasteiger partial charge < -0.3 is 10.5 Å². The molecule has 100 valence electrons. The summed E-state index contributed by atoms with van der Waals surface area (Å²) in [4.78, 5) is 0. The van der Waals surface area contributed by atoms with Gasteiger partial charge >= 0.3 is 0 Å². The largest absolute Gasteiger partial charge is 0.456 e. The Morgan fingerprint density at radius 3 is 2.58 bits per heavy atom. The SMILES string of the molecule is NCCc1c(Cl)cccc1Oc1ccc(Br)cc1Br. The summed E-state index contributed by atoms with van der Waals surface area (Å²) in [6.07, 6.45) is 0.684. The van der Waals surface area contributed by atoms with Crippen molar-refractivity contribution < 1.29 is 4.74 Å². The van der Waals surface area contributed by atoms with Crippen molar-refractivity contribution in [2.75, 3.05) is 6.54 Å². The molecule has 0 aromatic heterocycles. The Labute approximate surface area is 134 Å². The third kappa shape index (κ3) is 3.72. The lowest BCUT2D eigenvalue weighted by atomic mass is 10.1.